The highest BCUT2D eigenvalue weighted by atomic mass is 32.2. The summed E-state index contributed by atoms with van der Waals surface area (Å²) >= 11 is 0. The second-order valence-electron chi connectivity index (χ2n) is 6.78. The Kier molecular flexibility index (Phi) is 5.50. The lowest BCUT2D eigenvalue weighted by molar-refractivity contribution is -0.110. The first-order chi connectivity index (χ1) is 14.9. The van der Waals surface area contributed by atoms with Crippen LogP contribution in [0.1, 0.15) is 11.1 Å². The number of nitrogens with one attached hydrogen (secondary N) is 2. The van der Waals surface area contributed by atoms with Crippen LogP contribution in [0.4, 0.5) is 5.69 Å². The molecule has 0 atom stereocenters. The second-order valence-corrected chi connectivity index (χ2v) is 8.66. The highest BCUT2D eigenvalue weighted by Gasteiger charge is 2.26. The van der Waals surface area contributed by atoms with E-state index in [-0.39, 0.29) is 10.8 Å². The van der Waals surface area contributed by atoms with Crippen molar-refractivity contribution in [2.24, 2.45) is 0 Å². The third kappa shape index (κ3) is 4.30. The van der Waals surface area contributed by atoms with Crippen molar-refractivity contribution in [2.75, 3.05) is 19.5 Å². The topological polar surface area (TPSA) is 93.7 Å². The maximum atomic E-state index is 12.5. The molecule has 8 heteroatoms. The monoisotopic (exact) mass is 436 g/mol. The number of carbonyl (C=O) groups is 1. The van der Waals surface area contributed by atoms with Crippen LogP contribution in [-0.2, 0) is 14.8 Å². The summed E-state index contributed by atoms with van der Waals surface area (Å²) in [7, 11) is -0.682. The van der Waals surface area contributed by atoms with Crippen LogP contribution in [-0.4, -0.2) is 28.5 Å². The smallest absolute Gasteiger partial charge is 0.256 e. The fourth-order valence-electron chi connectivity index (χ4n) is 3.21. The summed E-state index contributed by atoms with van der Waals surface area (Å²) in [6.45, 7) is 0. The lowest BCUT2D eigenvalue weighted by Crippen LogP contribution is -2.18. The molecule has 31 heavy (non-hydrogen) atoms. The van der Waals surface area contributed by atoms with Gasteiger partial charge in [-0.05, 0) is 73.3 Å². The average Bonchev–Trinajstić information content (AvgIpc) is 3.09. The first-order valence-corrected chi connectivity index (χ1v) is 10.9. The number of rotatable bonds is 6. The van der Waals surface area contributed by atoms with E-state index in [9.17, 15) is 13.2 Å². The van der Waals surface area contributed by atoms with Gasteiger partial charge >= 0.3 is 0 Å². The van der Waals surface area contributed by atoms with Crippen LogP contribution < -0.4 is 19.5 Å². The van der Waals surface area contributed by atoms with Gasteiger partial charge in [-0.3, -0.25) is 4.79 Å². The summed E-state index contributed by atoms with van der Waals surface area (Å²) < 4.78 is 37.6. The number of benzene rings is 3. The van der Waals surface area contributed by atoms with Gasteiger partial charge < -0.3 is 14.8 Å². The van der Waals surface area contributed by atoms with Crippen LogP contribution in [0.3, 0.4) is 0 Å². The molecule has 1 aliphatic rings. The summed E-state index contributed by atoms with van der Waals surface area (Å²) in [5.74, 6) is 1.69. The molecule has 0 spiro atoms. The Morgan fingerprint density at radius 2 is 1.68 bits per heavy atom. The number of anilines is 1. The molecule has 7 nitrogen and oxygen atoms in total. The largest absolute Gasteiger partial charge is 0.497 e. The summed E-state index contributed by atoms with van der Waals surface area (Å²) in [6, 6.07) is 19.0. The molecular formula is C23H20N2O5S. The van der Waals surface area contributed by atoms with Crippen molar-refractivity contribution in [1.29, 1.82) is 0 Å². The van der Waals surface area contributed by atoms with E-state index in [0.29, 0.717) is 28.3 Å². The number of amides is 1. The van der Waals surface area contributed by atoms with E-state index >= 15 is 0 Å². The Hall–Kier alpha value is -3.62. The second kappa shape index (κ2) is 8.25. The van der Waals surface area contributed by atoms with Crippen LogP contribution in [0.5, 0.6) is 17.2 Å². The van der Waals surface area contributed by atoms with Crippen LogP contribution in [0.2, 0.25) is 0 Å². The molecule has 0 aromatic heterocycles. The molecule has 158 valence electrons. The van der Waals surface area contributed by atoms with E-state index in [1.807, 2.05) is 18.2 Å². The van der Waals surface area contributed by atoms with E-state index in [1.54, 1.807) is 49.6 Å². The Balaban J connectivity index is 1.66. The molecule has 1 amide bonds. The molecule has 0 radical (unpaired) electrons. The van der Waals surface area contributed by atoms with Crippen molar-refractivity contribution in [1.82, 2.24) is 4.72 Å². The fourth-order valence-corrected chi connectivity index (χ4v) is 3.97. The third-order valence-electron chi connectivity index (χ3n) is 4.82. The Bertz CT molecular complexity index is 1280. The third-order valence-corrected chi connectivity index (χ3v) is 6.23. The van der Waals surface area contributed by atoms with Gasteiger partial charge in [-0.1, -0.05) is 12.1 Å². The molecule has 2 N–H and O–H groups in total. The Morgan fingerprint density at radius 1 is 0.935 bits per heavy atom. The molecule has 0 bridgehead atoms. The van der Waals surface area contributed by atoms with Gasteiger partial charge in [0.05, 0.1) is 12.0 Å². The molecule has 0 aliphatic carbocycles. The number of methoxy groups -OCH3 is 1. The summed E-state index contributed by atoms with van der Waals surface area (Å²) in [6.07, 6.45) is 1.71. The van der Waals surface area contributed by atoms with Gasteiger partial charge in [0, 0.05) is 16.8 Å². The maximum absolute atomic E-state index is 12.5. The van der Waals surface area contributed by atoms with Crippen LogP contribution in [0.25, 0.3) is 11.6 Å². The van der Waals surface area contributed by atoms with Crippen LogP contribution in [0.15, 0.2) is 71.6 Å². The van der Waals surface area contributed by atoms with Crippen molar-refractivity contribution < 1.29 is 22.7 Å². The zero-order valence-corrected chi connectivity index (χ0v) is 17.7. The summed E-state index contributed by atoms with van der Waals surface area (Å²) in [5, 5.41) is 2.76. The fraction of sp³-hybridized carbons (Fsp3) is 0.0870. The summed E-state index contributed by atoms with van der Waals surface area (Å²) in [4.78, 5) is 12.6. The first-order valence-electron chi connectivity index (χ1n) is 9.42. The zero-order valence-electron chi connectivity index (χ0n) is 16.9. The van der Waals surface area contributed by atoms with Gasteiger partial charge in [-0.2, -0.15) is 0 Å². The number of fused-ring (bicyclic) bond motifs is 1. The Morgan fingerprint density at radius 3 is 2.39 bits per heavy atom. The normalized spacial score (nSPS) is 14.3. The highest BCUT2D eigenvalue weighted by Crippen LogP contribution is 2.35. The van der Waals surface area contributed by atoms with E-state index in [0.717, 1.165) is 11.3 Å². The van der Waals surface area contributed by atoms with Gasteiger partial charge in [-0.25, -0.2) is 13.1 Å². The van der Waals surface area contributed by atoms with Gasteiger partial charge in [0.25, 0.3) is 5.91 Å². The van der Waals surface area contributed by atoms with Crippen LogP contribution >= 0.6 is 0 Å². The van der Waals surface area contributed by atoms with E-state index in [1.165, 1.54) is 19.2 Å². The lowest BCUT2D eigenvalue weighted by atomic mass is 10.0. The van der Waals surface area contributed by atoms with Crippen molar-refractivity contribution in [2.45, 2.75) is 4.90 Å². The number of sulfonamides is 1. The van der Waals surface area contributed by atoms with E-state index in [2.05, 4.69) is 10.0 Å². The molecule has 0 unspecified atom stereocenters. The number of hydrogen-bond donors (Lipinski definition) is 2. The lowest BCUT2D eigenvalue weighted by Gasteiger charge is -2.08. The van der Waals surface area contributed by atoms with Crippen molar-refractivity contribution in [3.8, 4) is 17.2 Å². The molecular weight excluding hydrogens is 416 g/mol. The molecule has 1 heterocycles. The molecule has 3 aromatic carbocycles. The van der Waals surface area contributed by atoms with Gasteiger partial charge in [-0.15, -0.1) is 0 Å². The predicted octanol–water partition coefficient (Wildman–Crippen LogP) is 3.89. The van der Waals surface area contributed by atoms with Gasteiger partial charge in [0.1, 0.15) is 17.2 Å². The maximum Gasteiger partial charge on any atom is 0.256 e. The average molecular weight is 436 g/mol. The minimum absolute atomic E-state index is 0.0905. The zero-order chi connectivity index (χ0) is 22.0. The van der Waals surface area contributed by atoms with Crippen LogP contribution in [0, 0.1) is 0 Å². The minimum Gasteiger partial charge on any atom is -0.497 e. The predicted molar refractivity (Wildman–Crippen MR) is 119 cm³/mol. The van der Waals surface area contributed by atoms with E-state index < -0.39 is 10.0 Å². The first kappa shape index (κ1) is 20.6. The van der Waals surface area contributed by atoms with Gasteiger partial charge in [0.15, 0.2) is 0 Å². The Labute approximate surface area is 180 Å². The molecule has 0 fully saturated rings. The van der Waals surface area contributed by atoms with E-state index in [4.69, 9.17) is 9.47 Å². The molecule has 4 rings (SSSR count). The van der Waals surface area contributed by atoms with Crippen molar-refractivity contribution in [3.05, 3.63) is 77.9 Å². The highest BCUT2D eigenvalue weighted by molar-refractivity contribution is 7.89. The SMILES string of the molecule is CNS(=O)(=O)c1ccc2c(c1)C(=Cc1cccc(Oc3ccc(OC)cc3)c1)C(=O)N2. The summed E-state index contributed by atoms with van der Waals surface area (Å²) in [5.41, 5.74) is 2.22. The quantitative estimate of drug-likeness (QED) is 0.572. The van der Waals surface area contributed by atoms with Crippen molar-refractivity contribution >= 4 is 33.3 Å². The van der Waals surface area contributed by atoms with Crippen molar-refractivity contribution in [3.63, 3.8) is 0 Å². The standard InChI is InChI=1S/C23H20N2O5S/c1-24-31(27,28)19-10-11-22-20(14-19)21(23(26)25-22)13-15-4-3-5-18(12-15)30-17-8-6-16(29-2)7-9-17/h3-14,24H,1-2H3,(H,25,26). The number of hydrogen-bond acceptors (Lipinski definition) is 5. The van der Waals surface area contributed by atoms with Gasteiger partial charge in [0.2, 0.25) is 10.0 Å². The molecule has 1 aliphatic heterocycles. The minimum atomic E-state index is -3.63. The molecule has 0 saturated carbocycles. The molecule has 3 aromatic rings. The molecule has 0 saturated heterocycles. The number of ether oxygens (including phenoxy) is 2. The number of carbonyl (C=O) groups excluding carboxylic acids is 1.